The van der Waals surface area contributed by atoms with Crippen molar-refractivity contribution in [3.05, 3.63) is 0 Å². The second kappa shape index (κ2) is 11.1. The molecule has 0 spiro atoms. The Kier molecular flexibility index (Phi) is 10.7. The van der Waals surface area contributed by atoms with Crippen LogP contribution >= 0.6 is 10.9 Å². The number of carbonyl (C=O) groups is 2. The lowest BCUT2D eigenvalue weighted by Crippen LogP contribution is -2.13. The van der Waals surface area contributed by atoms with Gasteiger partial charge in [-0.3, -0.25) is 20.5 Å². The molecule has 0 amide bonds. The van der Waals surface area contributed by atoms with E-state index in [1.807, 2.05) is 0 Å². The minimum absolute atomic E-state index is 0.176. The van der Waals surface area contributed by atoms with E-state index in [4.69, 9.17) is 10.2 Å². The Morgan fingerprint density at radius 1 is 1.05 bits per heavy atom. The maximum Gasteiger partial charge on any atom is 0.304 e. The molecule has 1 unspecified atom stereocenters. The third-order valence-corrected chi connectivity index (χ3v) is 6.09. The number of aliphatic carboxylic acids is 2. The molecule has 2 N–H and O–H groups in total. The highest BCUT2D eigenvalue weighted by molar-refractivity contribution is 8.17. The standard InChI is InChI=1S/C14H28O4S/c1-3-5-6-12(4-2)11-19(9-7-13(15)16)10-8-14(17)18/h12,19H,3-11H2,1-2H3,(H,15,16)(H,17,18). The SMILES string of the molecule is CCCCC(CC)C[SH](CCC(=O)O)CCC(=O)O. The fourth-order valence-corrected chi connectivity index (χ4v) is 4.86. The van der Waals surface area contributed by atoms with E-state index in [9.17, 15) is 9.59 Å². The smallest absolute Gasteiger partial charge is 0.304 e. The van der Waals surface area contributed by atoms with Gasteiger partial charge < -0.3 is 10.2 Å². The van der Waals surface area contributed by atoms with Gasteiger partial charge in [-0.1, -0.05) is 33.1 Å². The predicted octanol–water partition coefficient (Wildman–Crippen LogP) is 3.15. The molecule has 5 heteroatoms. The van der Waals surface area contributed by atoms with Crippen molar-refractivity contribution in [1.29, 1.82) is 0 Å². The van der Waals surface area contributed by atoms with Crippen molar-refractivity contribution in [2.45, 2.75) is 52.4 Å². The fourth-order valence-electron chi connectivity index (χ4n) is 2.08. The van der Waals surface area contributed by atoms with Gasteiger partial charge in [0.1, 0.15) is 0 Å². The summed E-state index contributed by atoms with van der Waals surface area (Å²) < 4.78 is 0. The summed E-state index contributed by atoms with van der Waals surface area (Å²) in [7, 11) is -0.449. The molecular formula is C14H28O4S. The lowest BCUT2D eigenvalue weighted by molar-refractivity contribution is -0.137. The molecule has 0 aromatic carbocycles. The van der Waals surface area contributed by atoms with Crippen LogP contribution in [-0.4, -0.2) is 39.4 Å². The molecule has 0 aliphatic heterocycles. The van der Waals surface area contributed by atoms with Crippen LogP contribution in [0.4, 0.5) is 0 Å². The van der Waals surface area contributed by atoms with Crippen molar-refractivity contribution in [1.82, 2.24) is 0 Å². The minimum atomic E-state index is -0.774. The molecule has 0 aromatic rings. The molecule has 0 heterocycles. The molecule has 0 bridgehead atoms. The average Bonchev–Trinajstić information content (AvgIpc) is 2.36. The van der Waals surface area contributed by atoms with E-state index in [2.05, 4.69) is 13.8 Å². The summed E-state index contributed by atoms with van der Waals surface area (Å²) in [6.45, 7) is 4.34. The average molecular weight is 292 g/mol. The first kappa shape index (κ1) is 18.3. The van der Waals surface area contributed by atoms with Crippen molar-refractivity contribution in [3.63, 3.8) is 0 Å². The summed E-state index contributed by atoms with van der Waals surface area (Å²) >= 11 is 0. The number of rotatable bonds is 12. The summed E-state index contributed by atoms with van der Waals surface area (Å²) in [6.07, 6.45) is 5.04. The zero-order chi connectivity index (χ0) is 14.7. The fraction of sp³-hybridized carbons (Fsp3) is 0.857. The molecule has 0 saturated carbocycles. The Morgan fingerprint density at radius 3 is 1.95 bits per heavy atom. The first-order chi connectivity index (χ1) is 8.99. The molecule has 0 fully saturated rings. The van der Waals surface area contributed by atoms with Gasteiger partial charge in [-0.15, -0.1) is 0 Å². The molecule has 1 atom stereocenters. The predicted molar refractivity (Wildman–Crippen MR) is 81.4 cm³/mol. The molecule has 0 radical (unpaired) electrons. The highest BCUT2D eigenvalue weighted by atomic mass is 32.2. The maximum absolute atomic E-state index is 10.7. The second-order valence-corrected chi connectivity index (χ2v) is 7.61. The summed E-state index contributed by atoms with van der Waals surface area (Å²) in [5.74, 6) is 1.45. The van der Waals surface area contributed by atoms with E-state index in [-0.39, 0.29) is 12.8 Å². The van der Waals surface area contributed by atoms with Gasteiger partial charge >= 0.3 is 11.9 Å². The molecule has 0 rings (SSSR count). The zero-order valence-electron chi connectivity index (χ0n) is 12.1. The van der Waals surface area contributed by atoms with Gasteiger partial charge in [0.15, 0.2) is 0 Å². The van der Waals surface area contributed by atoms with Gasteiger partial charge in [-0.2, -0.15) is 0 Å². The summed E-state index contributed by atoms with van der Waals surface area (Å²) in [6, 6.07) is 0. The monoisotopic (exact) mass is 292 g/mol. The number of carboxylic acid groups (broad SMARTS) is 2. The van der Waals surface area contributed by atoms with Crippen LogP contribution in [0.1, 0.15) is 52.4 Å². The van der Waals surface area contributed by atoms with Gasteiger partial charge in [0, 0.05) is 0 Å². The van der Waals surface area contributed by atoms with E-state index >= 15 is 0 Å². The Morgan fingerprint density at radius 2 is 1.58 bits per heavy atom. The number of hydrogen-bond acceptors (Lipinski definition) is 2. The molecule has 0 aliphatic carbocycles. The van der Waals surface area contributed by atoms with Gasteiger partial charge in [0.2, 0.25) is 0 Å². The number of thiol groups is 1. The lowest BCUT2D eigenvalue weighted by Gasteiger charge is -2.25. The van der Waals surface area contributed by atoms with Gasteiger partial charge in [0.05, 0.1) is 12.8 Å². The van der Waals surface area contributed by atoms with Crippen molar-refractivity contribution >= 4 is 22.8 Å². The highest BCUT2D eigenvalue weighted by Crippen LogP contribution is 2.32. The van der Waals surface area contributed by atoms with Gasteiger partial charge in [0.25, 0.3) is 0 Å². The Hall–Kier alpha value is -0.710. The first-order valence-electron chi connectivity index (χ1n) is 7.15. The number of carboxylic acids is 2. The number of hydrogen-bond donors (Lipinski definition) is 3. The third kappa shape index (κ3) is 10.9. The topological polar surface area (TPSA) is 74.6 Å². The van der Waals surface area contributed by atoms with E-state index in [1.165, 1.54) is 19.3 Å². The molecule has 4 nitrogen and oxygen atoms in total. The van der Waals surface area contributed by atoms with Gasteiger partial charge in [-0.05, 0) is 29.6 Å². The summed E-state index contributed by atoms with van der Waals surface area (Å²) in [5, 5.41) is 17.5. The van der Waals surface area contributed by atoms with Crippen molar-refractivity contribution in [3.8, 4) is 0 Å². The third-order valence-electron chi connectivity index (χ3n) is 3.34. The first-order valence-corrected chi connectivity index (χ1v) is 9.05. The van der Waals surface area contributed by atoms with Crippen LogP contribution in [0.2, 0.25) is 0 Å². The van der Waals surface area contributed by atoms with Crippen LogP contribution in [0, 0.1) is 5.92 Å². The second-order valence-electron chi connectivity index (χ2n) is 5.00. The maximum atomic E-state index is 10.7. The van der Waals surface area contributed by atoms with Crippen LogP contribution in [0.15, 0.2) is 0 Å². The van der Waals surface area contributed by atoms with Crippen LogP contribution in [-0.2, 0) is 9.59 Å². The van der Waals surface area contributed by atoms with Crippen LogP contribution < -0.4 is 0 Å². The number of unbranched alkanes of at least 4 members (excludes halogenated alkanes) is 1. The summed E-state index contributed by atoms with van der Waals surface area (Å²) in [4.78, 5) is 21.3. The largest absolute Gasteiger partial charge is 0.481 e. The molecular weight excluding hydrogens is 264 g/mol. The summed E-state index contributed by atoms with van der Waals surface area (Å²) in [5.41, 5.74) is 0. The van der Waals surface area contributed by atoms with Crippen molar-refractivity contribution < 1.29 is 19.8 Å². The Balaban J connectivity index is 4.26. The zero-order valence-corrected chi connectivity index (χ0v) is 13.0. The molecule has 19 heavy (non-hydrogen) atoms. The van der Waals surface area contributed by atoms with Crippen molar-refractivity contribution in [2.75, 3.05) is 17.3 Å². The van der Waals surface area contributed by atoms with E-state index in [0.717, 1.165) is 12.2 Å². The van der Waals surface area contributed by atoms with Crippen LogP contribution in [0.5, 0.6) is 0 Å². The minimum Gasteiger partial charge on any atom is -0.481 e. The molecule has 0 saturated heterocycles. The highest BCUT2D eigenvalue weighted by Gasteiger charge is 2.14. The van der Waals surface area contributed by atoms with E-state index in [0.29, 0.717) is 17.4 Å². The molecule has 0 aromatic heterocycles. The van der Waals surface area contributed by atoms with Crippen LogP contribution in [0.3, 0.4) is 0 Å². The Labute approximate surface area is 118 Å². The molecule has 114 valence electrons. The lowest BCUT2D eigenvalue weighted by atomic mass is 10.0. The van der Waals surface area contributed by atoms with E-state index < -0.39 is 22.8 Å². The van der Waals surface area contributed by atoms with Crippen molar-refractivity contribution in [2.24, 2.45) is 5.92 Å². The van der Waals surface area contributed by atoms with Gasteiger partial charge in [-0.25, -0.2) is 0 Å². The Bertz CT molecular complexity index is 250. The normalized spacial score (nSPS) is 13.1. The van der Waals surface area contributed by atoms with Crippen LogP contribution in [0.25, 0.3) is 0 Å². The quantitative estimate of drug-likeness (QED) is 0.483. The molecule has 0 aliphatic rings. The van der Waals surface area contributed by atoms with E-state index in [1.54, 1.807) is 0 Å².